The van der Waals surface area contributed by atoms with Crippen LogP contribution in [0.15, 0.2) is 18.2 Å². The van der Waals surface area contributed by atoms with E-state index in [1.165, 1.54) is 0 Å². The first-order valence-electron chi connectivity index (χ1n) is 6.73. The molecule has 1 fully saturated rings. The van der Waals surface area contributed by atoms with Crippen molar-refractivity contribution in [2.75, 3.05) is 37.7 Å². The van der Waals surface area contributed by atoms with Gasteiger partial charge in [-0.15, -0.1) is 0 Å². The molecule has 0 bridgehead atoms. The first-order chi connectivity index (χ1) is 9.10. The summed E-state index contributed by atoms with van der Waals surface area (Å²) in [6.45, 7) is 4.63. The molecule has 1 aliphatic rings. The van der Waals surface area contributed by atoms with E-state index in [9.17, 15) is 4.79 Å². The van der Waals surface area contributed by atoms with E-state index in [1.807, 2.05) is 13.0 Å². The molecule has 1 aromatic carbocycles. The molecule has 1 aliphatic heterocycles. The molecule has 1 heterocycles. The standard InChI is InChI=1S/C14H22N4O/c1-3-16-14(19)10-4-5-12(15)13(8-10)17-11-6-7-18(2)9-11/h4-5,8,11,17H,3,6-7,9,15H2,1-2H3,(H,16,19). The van der Waals surface area contributed by atoms with E-state index in [1.54, 1.807) is 12.1 Å². The largest absolute Gasteiger partial charge is 0.397 e. The van der Waals surface area contributed by atoms with Crippen LogP contribution in [0.2, 0.25) is 0 Å². The van der Waals surface area contributed by atoms with Crippen LogP contribution in [-0.2, 0) is 0 Å². The van der Waals surface area contributed by atoms with Crippen LogP contribution in [0.25, 0.3) is 0 Å². The molecule has 1 saturated heterocycles. The highest BCUT2D eigenvalue weighted by atomic mass is 16.1. The van der Waals surface area contributed by atoms with Crippen molar-refractivity contribution in [1.29, 1.82) is 0 Å². The van der Waals surface area contributed by atoms with Crippen LogP contribution in [-0.4, -0.2) is 43.5 Å². The Balaban J connectivity index is 2.10. The number of nitrogen functional groups attached to an aromatic ring is 1. The number of amides is 1. The molecule has 0 spiro atoms. The van der Waals surface area contributed by atoms with Crippen LogP contribution in [0.1, 0.15) is 23.7 Å². The summed E-state index contributed by atoms with van der Waals surface area (Å²) in [5.74, 6) is -0.0610. The van der Waals surface area contributed by atoms with E-state index in [4.69, 9.17) is 5.73 Å². The average Bonchev–Trinajstić information content (AvgIpc) is 2.78. The number of likely N-dealkylation sites (N-methyl/N-ethyl adjacent to an activating group) is 1. The summed E-state index contributed by atoms with van der Waals surface area (Å²) in [6.07, 6.45) is 1.10. The molecule has 19 heavy (non-hydrogen) atoms. The summed E-state index contributed by atoms with van der Waals surface area (Å²) in [5, 5.41) is 6.22. The zero-order chi connectivity index (χ0) is 13.8. The van der Waals surface area contributed by atoms with Crippen molar-refractivity contribution in [2.45, 2.75) is 19.4 Å². The van der Waals surface area contributed by atoms with Crippen molar-refractivity contribution in [3.8, 4) is 0 Å². The van der Waals surface area contributed by atoms with Gasteiger partial charge in [0, 0.05) is 24.7 Å². The third-order valence-electron chi connectivity index (χ3n) is 3.40. The van der Waals surface area contributed by atoms with Crippen molar-refractivity contribution < 1.29 is 4.79 Å². The minimum Gasteiger partial charge on any atom is -0.397 e. The van der Waals surface area contributed by atoms with Crippen LogP contribution < -0.4 is 16.4 Å². The molecule has 104 valence electrons. The molecule has 1 unspecified atom stereocenters. The Morgan fingerprint density at radius 1 is 1.53 bits per heavy atom. The molecule has 1 amide bonds. The van der Waals surface area contributed by atoms with Crippen LogP contribution in [0.5, 0.6) is 0 Å². The van der Waals surface area contributed by atoms with E-state index >= 15 is 0 Å². The molecular formula is C14H22N4O. The maximum atomic E-state index is 11.8. The van der Waals surface area contributed by atoms with Gasteiger partial charge in [0.1, 0.15) is 0 Å². The van der Waals surface area contributed by atoms with Crippen LogP contribution in [0.3, 0.4) is 0 Å². The SMILES string of the molecule is CCNC(=O)c1ccc(N)c(NC2CCN(C)C2)c1. The number of nitrogens with two attached hydrogens (primary N) is 1. The summed E-state index contributed by atoms with van der Waals surface area (Å²) in [6, 6.07) is 5.77. The number of anilines is 2. The quantitative estimate of drug-likeness (QED) is 0.712. The highest BCUT2D eigenvalue weighted by Gasteiger charge is 2.20. The van der Waals surface area contributed by atoms with Gasteiger partial charge in [-0.3, -0.25) is 4.79 Å². The lowest BCUT2D eigenvalue weighted by Gasteiger charge is -2.17. The normalized spacial score (nSPS) is 19.4. The molecule has 4 N–H and O–H groups in total. The molecule has 0 radical (unpaired) electrons. The maximum Gasteiger partial charge on any atom is 0.251 e. The molecule has 2 rings (SSSR count). The van der Waals surface area contributed by atoms with E-state index in [0.717, 1.165) is 25.2 Å². The molecule has 1 atom stereocenters. The number of carbonyl (C=O) groups is 1. The Morgan fingerprint density at radius 2 is 2.32 bits per heavy atom. The lowest BCUT2D eigenvalue weighted by Crippen LogP contribution is -2.25. The Bertz CT molecular complexity index is 461. The van der Waals surface area contributed by atoms with E-state index in [0.29, 0.717) is 23.8 Å². The van der Waals surface area contributed by atoms with Gasteiger partial charge in [-0.25, -0.2) is 0 Å². The highest BCUT2D eigenvalue weighted by Crippen LogP contribution is 2.23. The summed E-state index contributed by atoms with van der Waals surface area (Å²) in [5.41, 5.74) is 8.15. The van der Waals surface area contributed by atoms with Gasteiger partial charge in [0.2, 0.25) is 0 Å². The molecule has 5 nitrogen and oxygen atoms in total. The zero-order valence-corrected chi connectivity index (χ0v) is 11.6. The summed E-state index contributed by atoms with van der Waals surface area (Å²) in [4.78, 5) is 14.1. The summed E-state index contributed by atoms with van der Waals surface area (Å²) in [7, 11) is 2.11. The summed E-state index contributed by atoms with van der Waals surface area (Å²) < 4.78 is 0. The number of nitrogens with zero attached hydrogens (tertiary/aromatic N) is 1. The minimum absolute atomic E-state index is 0.0610. The van der Waals surface area contributed by atoms with Crippen LogP contribution >= 0.6 is 0 Å². The second kappa shape index (κ2) is 5.93. The Hall–Kier alpha value is -1.75. The van der Waals surface area contributed by atoms with Crippen molar-refractivity contribution in [2.24, 2.45) is 0 Å². The third kappa shape index (κ3) is 3.38. The van der Waals surface area contributed by atoms with Crippen molar-refractivity contribution in [1.82, 2.24) is 10.2 Å². The van der Waals surface area contributed by atoms with Crippen LogP contribution in [0.4, 0.5) is 11.4 Å². The number of likely N-dealkylation sites (tertiary alicyclic amines) is 1. The Morgan fingerprint density at radius 3 is 2.95 bits per heavy atom. The lowest BCUT2D eigenvalue weighted by atomic mass is 10.1. The topological polar surface area (TPSA) is 70.4 Å². The second-order valence-corrected chi connectivity index (χ2v) is 5.05. The van der Waals surface area contributed by atoms with Crippen LogP contribution in [0, 0.1) is 0 Å². The molecule has 1 aromatic rings. The van der Waals surface area contributed by atoms with Crippen molar-refractivity contribution >= 4 is 17.3 Å². The molecule has 0 aromatic heterocycles. The number of carbonyl (C=O) groups excluding carboxylic acids is 1. The number of rotatable bonds is 4. The third-order valence-corrected chi connectivity index (χ3v) is 3.40. The van der Waals surface area contributed by atoms with E-state index in [-0.39, 0.29) is 5.91 Å². The molecular weight excluding hydrogens is 240 g/mol. The summed E-state index contributed by atoms with van der Waals surface area (Å²) >= 11 is 0. The highest BCUT2D eigenvalue weighted by molar-refractivity contribution is 5.96. The fraction of sp³-hybridized carbons (Fsp3) is 0.500. The van der Waals surface area contributed by atoms with Gasteiger partial charge in [0.05, 0.1) is 11.4 Å². The lowest BCUT2D eigenvalue weighted by molar-refractivity contribution is 0.0956. The first kappa shape index (κ1) is 13.7. The smallest absolute Gasteiger partial charge is 0.251 e. The predicted molar refractivity (Wildman–Crippen MR) is 78.4 cm³/mol. The minimum atomic E-state index is -0.0610. The maximum absolute atomic E-state index is 11.8. The monoisotopic (exact) mass is 262 g/mol. The number of benzene rings is 1. The molecule has 0 aliphatic carbocycles. The number of hydrogen-bond acceptors (Lipinski definition) is 4. The number of hydrogen-bond donors (Lipinski definition) is 3. The predicted octanol–water partition coefficient (Wildman–Crippen LogP) is 1.13. The van der Waals surface area contributed by atoms with Crippen molar-refractivity contribution in [3.05, 3.63) is 23.8 Å². The van der Waals surface area contributed by atoms with Gasteiger partial charge in [0.25, 0.3) is 5.91 Å². The van der Waals surface area contributed by atoms with Gasteiger partial charge in [-0.1, -0.05) is 0 Å². The van der Waals surface area contributed by atoms with Gasteiger partial charge in [-0.2, -0.15) is 0 Å². The van der Waals surface area contributed by atoms with Gasteiger partial charge in [0.15, 0.2) is 0 Å². The van der Waals surface area contributed by atoms with Gasteiger partial charge in [-0.05, 0) is 45.1 Å². The van der Waals surface area contributed by atoms with Gasteiger partial charge >= 0.3 is 0 Å². The average molecular weight is 262 g/mol. The first-order valence-corrected chi connectivity index (χ1v) is 6.73. The van der Waals surface area contributed by atoms with Gasteiger partial charge < -0.3 is 21.3 Å². The second-order valence-electron chi connectivity index (χ2n) is 5.05. The van der Waals surface area contributed by atoms with E-state index in [2.05, 4.69) is 22.6 Å². The Labute approximate surface area is 114 Å². The Kier molecular flexibility index (Phi) is 4.27. The number of nitrogens with one attached hydrogen (secondary N) is 2. The fourth-order valence-corrected chi connectivity index (χ4v) is 2.36. The van der Waals surface area contributed by atoms with E-state index < -0.39 is 0 Å². The molecule has 0 saturated carbocycles. The van der Waals surface area contributed by atoms with Crippen molar-refractivity contribution in [3.63, 3.8) is 0 Å². The zero-order valence-electron chi connectivity index (χ0n) is 11.6. The fourth-order valence-electron chi connectivity index (χ4n) is 2.36. The molecule has 5 heteroatoms.